The molecule has 2 aliphatic heterocycles. The zero-order valence-electron chi connectivity index (χ0n) is 20.6. The van der Waals surface area contributed by atoms with Gasteiger partial charge in [0.05, 0.1) is 28.4 Å². The molecule has 0 fully saturated rings. The number of thiophene rings is 1. The number of likely N-dealkylation sites (N-methyl/N-ethyl adjacent to an activating group) is 1. The number of hydrogen-bond acceptors (Lipinski definition) is 6. The maximum absolute atomic E-state index is 13.0. The van der Waals surface area contributed by atoms with Crippen LogP contribution in [0.15, 0.2) is 59.6 Å². The normalized spacial score (nSPS) is 14.6. The Morgan fingerprint density at radius 1 is 1.03 bits per heavy atom. The third-order valence-electron chi connectivity index (χ3n) is 6.46. The molecule has 4 heterocycles. The van der Waals surface area contributed by atoms with Crippen LogP contribution in [-0.4, -0.2) is 57.3 Å². The van der Waals surface area contributed by atoms with E-state index in [0.29, 0.717) is 22.8 Å². The summed E-state index contributed by atoms with van der Waals surface area (Å²) in [4.78, 5) is 34.4. The predicted molar refractivity (Wildman–Crippen MR) is 147 cm³/mol. The standard InChI is InChI=1S/C28H21ClN6O2S/c1-17-31-32-24-15-30-26(19-9-3-5-11-22(19)29)21-14-18(38-28(21)35(17)24)8-7-13-34-23-12-6-4-10-20(23)27(37)33(2)16-25(34)36/h3-6,9-12,14H,13,15-16H2,1-2H3. The van der Waals surface area contributed by atoms with E-state index in [2.05, 4.69) is 22.0 Å². The highest BCUT2D eigenvalue weighted by Crippen LogP contribution is 2.34. The molecule has 38 heavy (non-hydrogen) atoms. The van der Waals surface area contributed by atoms with Crippen LogP contribution in [0, 0.1) is 18.8 Å². The van der Waals surface area contributed by atoms with E-state index in [1.165, 1.54) is 16.2 Å². The van der Waals surface area contributed by atoms with Crippen molar-refractivity contribution in [3.8, 4) is 16.8 Å². The fourth-order valence-electron chi connectivity index (χ4n) is 4.64. The third kappa shape index (κ3) is 4.08. The number of benzene rings is 2. The molecule has 2 amide bonds. The summed E-state index contributed by atoms with van der Waals surface area (Å²) in [5.74, 6) is 7.52. The minimum atomic E-state index is -0.182. The molecule has 0 spiro atoms. The summed E-state index contributed by atoms with van der Waals surface area (Å²) in [7, 11) is 1.63. The number of halogens is 1. The van der Waals surface area contributed by atoms with Crippen molar-refractivity contribution in [2.24, 2.45) is 4.99 Å². The van der Waals surface area contributed by atoms with Gasteiger partial charge in [-0.25, -0.2) is 0 Å². The molecule has 0 unspecified atom stereocenters. The Morgan fingerprint density at radius 3 is 2.61 bits per heavy atom. The zero-order valence-corrected chi connectivity index (χ0v) is 22.2. The first-order valence-corrected chi connectivity index (χ1v) is 13.1. The molecule has 0 saturated heterocycles. The summed E-state index contributed by atoms with van der Waals surface area (Å²) in [5.41, 5.74) is 3.57. The lowest BCUT2D eigenvalue weighted by atomic mass is 10.0. The van der Waals surface area contributed by atoms with E-state index in [0.717, 1.165) is 38.4 Å². The van der Waals surface area contributed by atoms with Crippen molar-refractivity contribution >= 4 is 46.2 Å². The van der Waals surface area contributed by atoms with Gasteiger partial charge >= 0.3 is 0 Å². The number of fused-ring (bicyclic) bond motifs is 4. The van der Waals surface area contributed by atoms with Crippen molar-refractivity contribution in [1.82, 2.24) is 19.7 Å². The van der Waals surface area contributed by atoms with Crippen LogP contribution in [0.25, 0.3) is 5.00 Å². The fraction of sp³-hybridized carbons (Fsp3) is 0.179. The summed E-state index contributed by atoms with van der Waals surface area (Å²) in [5, 5.41) is 10.1. The molecule has 0 N–H and O–H groups in total. The number of amides is 2. The lowest BCUT2D eigenvalue weighted by Gasteiger charge is -2.19. The number of anilines is 1. The highest BCUT2D eigenvalue weighted by atomic mass is 35.5. The Labute approximate surface area is 228 Å². The second-order valence-electron chi connectivity index (χ2n) is 8.93. The van der Waals surface area contributed by atoms with E-state index in [1.54, 1.807) is 30.1 Å². The van der Waals surface area contributed by atoms with Crippen molar-refractivity contribution in [2.45, 2.75) is 13.5 Å². The summed E-state index contributed by atoms with van der Waals surface area (Å²) in [6.45, 7) is 2.44. The average molecular weight is 541 g/mol. The molecule has 6 rings (SSSR count). The Bertz CT molecular complexity index is 1710. The van der Waals surface area contributed by atoms with E-state index < -0.39 is 0 Å². The summed E-state index contributed by atoms with van der Waals surface area (Å²) < 4.78 is 2.01. The van der Waals surface area contributed by atoms with E-state index in [4.69, 9.17) is 16.6 Å². The van der Waals surface area contributed by atoms with Crippen LogP contribution in [0.3, 0.4) is 0 Å². The van der Waals surface area contributed by atoms with Gasteiger partial charge in [0.2, 0.25) is 5.91 Å². The van der Waals surface area contributed by atoms with E-state index in [9.17, 15) is 9.59 Å². The Balaban J connectivity index is 1.39. The number of carbonyl (C=O) groups is 2. The van der Waals surface area contributed by atoms with E-state index in [-0.39, 0.29) is 24.9 Å². The number of nitrogens with zero attached hydrogens (tertiary/aromatic N) is 6. The van der Waals surface area contributed by atoms with Crippen molar-refractivity contribution in [3.05, 3.63) is 92.8 Å². The number of aryl methyl sites for hydroxylation is 1. The number of para-hydroxylation sites is 1. The largest absolute Gasteiger partial charge is 0.332 e. The minimum absolute atomic E-state index is 0.00413. The van der Waals surface area contributed by atoms with Gasteiger partial charge in [0.1, 0.15) is 23.9 Å². The van der Waals surface area contributed by atoms with Crippen LogP contribution in [-0.2, 0) is 11.3 Å². The smallest absolute Gasteiger partial charge is 0.256 e. The number of aliphatic imine (C=N–C) groups is 1. The quantitative estimate of drug-likeness (QED) is 0.358. The van der Waals surface area contributed by atoms with Crippen LogP contribution in [0.4, 0.5) is 5.69 Å². The van der Waals surface area contributed by atoms with E-state index >= 15 is 0 Å². The summed E-state index contributed by atoms with van der Waals surface area (Å²) in [6, 6.07) is 16.7. The van der Waals surface area contributed by atoms with Crippen LogP contribution in [0.5, 0.6) is 0 Å². The van der Waals surface area contributed by atoms with Gasteiger partial charge in [-0.3, -0.25) is 24.0 Å². The lowest BCUT2D eigenvalue weighted by Crippen LogP contribution is -2.37. The molecule has 2 aliphatic rings. The molecule has 0 aliphatic carbocycles. The maximum Gasteiger partial charge on any atom is 0.256 e. The SMILES string of the molecule is Cc1nnc2n1-c1sc(C#CCN3C(=O)CN(C)C(=O)c4ccccc43)cc1C(c1ccccc1Cl)=NC2. The van der Waals surface area contributed by atoms with Gasteiger partial charge in [0.25, 0.3) is 5.91 Å². The first-order chi connectivity index (χ1) is 18.4. The average Bonchev–Trinajstić information content (AvgIpc) is 3.43. The second kappa shape index (κ2) is 9.56. The van der Waals surface area contributed by atoms with Crippen LogP contribution in [0.1, 0.15) is 38.0 Å². The molecule has 0 atom stereocenters. The molecule has 8 nitrogen and oxygen atoms in total. The van der Waals surface area contributed by atoms with Gasteiger partial charge in [-0.05, 0) is 31.2 Å². The van der Waals surface area contributed by atoms with Gasteiger partial charge in [0, 0.05) is 23.2 Å². The van der Waals surface area contributed by atoms with Gasteiger partial charge < -0.3 is 4.90 Å². The summed E-state index contributed by atoms with van der Waals surface area (Å²) in [6.07, 6.45) is 0. The first kappa shape index (κ1) is 24.1. The van der Waals surface area contributed by atoms with Crippen molar-refractivity contribution in [3.63, 3.8) is 0 Å². The van der Waals surface area contributed by atoms with E-state index in [1.807, 2.05) is 47.9 Å². The Hall–Kier alpha value is -4.26. The molecule has 10 heteroatoms. The van der Waals surface area contributed by atoms with Crippen LogP contribution in [0.2, 0.25) is 5.02 Å². The zero-order chi connectivity index (χ0) is 26.4. The predicted octanol–water partition coefficient (Wildman–Crippen LogP) is 4.11. The Kier molecular flexibility index (Phi) is 6.06. The second-order valence-corrected chi connectivity index (χ2v) is 10.4. The maximum atomic E-state index is 13.0. The van der Waals surface area contributed by atoms with Crippen molar-refractivity contribution in [2.75, 3.05) is 25.0 Å². The molecule has 0 saturated carbocycles. The monoisotopic (exact) mass is 540 g/mol. The van der Waals surface area contributed by atoms with Crippen molar-refractivity contribution in [1.29, 1.82) is 0 Å². The minimum Gasteiger partial charge on any atom is -0.332 e. The topological polar surface area (TPSA) is 83.7 Å². The summed E-state index contributed by atoms with van der Waals surface area (Å²) >= 11 is 8.07. The highest BCUT2D eigenvalue weighted by molar-refractivity contribution is 7.15. The van der Waals surface area contributed by atoms with Crippen LogP contribution >= 0.6 is 22.9 Å². The molecule has 0 radical (unpaired) electrons. The van der Waals surface area contributed by atoms with Crippen molar-refractivity contribution < 1.29 is 9.59 Å². The molecule has 188 valence electrons. The third-order valence-corrected chi connectivity index (χ3v) is 7.83. The molecular formula is C28H21ClN6O2S. The van der Waals surface area contributed by atoms with Gasteiger partial charge in [-0.2, -0.15) is 0 Å². The number of aromatic nitrogens is 3. The van der Waals surface area contributed by atoms with Crippen LogP contribution < -0.4 is 4.90 Å². The molecule has 0 bridgehead atoms. The first-order valence-electron chi connectivity index (χ1n) is 11.9. The van der Waals surface area contributed by atoms with Gasteiger partial charge in [-0.1, -0.05) is 53.8 Å². The molecule has 2 aromatic carbocycles. The fourth-order valence-corrected chi connectivity index (χ4v) is 5.97. The molecule has 2 aromatic heterocycles. The lowest BCUT2D eigenvalue weighted by molar-refractivity contribution is -0.118. The molecule has 4 aromatic rings. The number of carbonyl (C=O) groups excluding carboxylic acids is 2. The van der Waals surface area contributed by atoms with Gasteiger partial charge in [0.15, 0.2) is 5.82 Å². The Morgan fingerprint density at radius 2 is 1.79 bits per heavy atom. The number of hydrogen-bond donors (Lipinski definition) is 0. The highest BCUT2D eigenvalue weighted by Gasteiger charge is 2.29. The van der Waals surface area contributed by atoms with Gasteiger partial charge in [-0.15, -0.1) is 21.5 Å². The number of rotatable bonds is 2. The molecular weight excluding hydrogens is 520 g/mol.